The zero-order chi connectivity index (χ0) is 23.4. The summed E-state index contributed by atoms with van der Waals surface area (Å²) in [5.41, 5.74) is 4.01. The smallest absolute Gasteiger partial charge is 0.266 e. The van der Waals surface area contributed by atoms with Gasteiger partial charge in [-0.25, -0.2) is 10.4 Å². The van der Waals surface area contributed by atoms with Gasteiger partial charge in [-0.1, -0.05) is 42.1 Å². The molecule has 7 nitrogen and oxygen atoms in total. The number of hydrogen-bond acceptors (Lipinski definition) is 6. The largest absolute Gasteiger partial charge is 0.506 e. The van der Waals surface area contributed by atoms with Gasteiger partial charge in [0.05, 0.1) is 32.1 Å². The minimum atomic E-state index is -0.363. The van der Waals surface area contributed by atoms with Crippen LogP contribution in [0.4, 0.5) is 0 Å². The first-order valence-electron chi connectivity index (χ1n) is 9.64. The predicted molar refractivity (Wildman–Crippen MR) is 147 cm³/mol. The summed E-state index contributed by atoms with van der Waals surface area (Å²) in [5, 5.41) is 15.0. The number of phenols is 1. The molecule has 1 aromatic heterocycles. The van der Waals surface area contributed by atoms with Crippen LogP contribution in [0.25, 0.3) is 16.6 Å². The lowest BCUT2D eigenvalue weighted by Crippen LogP contribution is -2.24. The van der Waals surface area contributed by atoms with Crippen molar-refractivity contribution >= 4 is 80.0 Å². The van der Waals surface area contributed by atoms with Gasteiger partial charge in [-0.15, -0.1) is 0 Å². The number of para-hydroxylation sites is 2. The van der Waals surface area contributed by atoms with Crippen molar-refractivity contribution in [3.63, 3.8) is 0 Å². The van der Waals surface area contributed by atoms with Crippen LogP contribution in [0.5, 0.6) is 5.75 Å². The van der Waals surface area contributed by atoms with Crippen LogP contribution in [0.1, 0.15) is 5.56 Å². The first kappa shape index (κ1) is 23.7. The summed E-state index contributed by atoms with van der Waals surface area (Å²) in [5.74, 6) is -0.251. The quantitative estimate of drug-likeness (QED) is 0.102. The van der Waals surface area contributed by atoms with Crippen LogP contribution in [0.3, 0.4) is 0 Å². The number of phenolic OH excluding ortho intramolecular Hbond substituents is 1. The number of carbonyl (C=O) groups excluding carboxylic acids is 1. The van der Waals surface area contributed by atoms with Gasteiger partial charge in [0.2, 0.25) is 0 Å². The molecule has 0 aliphatic heterocycles. The molecular weight excluding hydrogens is 666 g/mol. The molecular formula is C23H16I2N4O3S. The average molecular weight is 682 g/mol. The van der Waals surface area contributed by atoms with Crippen molar-refractivity contribution in [3.05, 3.63) is 89.8 Å². The van der Waals surface area contributed by atoms with Crippen LogP contribution >= 0.6 is 56.9 Å². The number of halogens is 2. The molecule has 0 aliphatic carbocycles. The number of hydrazone groups is 1. The Balaban J connectivity index is 1.55. The van der Waals surface area contributed by atoms with Crippen molar-refractivity contribution in [2.24, 2.45) is 5.10 Å². The van der Waals surface area contributed by atoms with E-state index in [2.05, 4.69) is 38.1 Å². The number of thioether (sulfide) groups is 1. The lowest BCUT2D eigenvalue weighted by Gasteiger charge is -2.12. The molecule has 0 unspecified atom stereocenters. The summed E-state index contributed by atoms with van der Waals surface area (Å²) in [7, 11) is 0. The van der Waals surface area contributed by atoms with E-state index in [9.17, 15) is 14.7 Å². The number of fused-ring (bicyclic) bond motifs is 1. The van der Waals surface area contributed by atoms with Crippen LogP contribution in [-0.4, -0.2) is 32.5 Å². The summed E-state index contributed by atoms with van der Waals surface area (Å²) >= 11 is 5.33. The highest BCUT2D eigenvalue weighted by molar-refractivity contribution is 14.1. The highest BCUT2D eigenvalue weighted by Gasteiger charge is 2.14. The molecule has 0 fully saturated rings. The number of rotatable bonds is 6. The minimum absolute atomic E-state index is 0.00476. The summed E-state index contributed by atoms with van der Waals surface area (Å²) in [6.07, 6.45) is 1.40. The van der Waals surface area contributed by atoms with Crippen LogP contribution in [-0.2, 0) is 4.79 Å². The molecule has 4 aromatic rings. The zero-order valence-corrected chi connectivity index (χ0v) is 22.0. The Labute approximate surface area is 220 Å². The molecule has 10 heteroatoms. The molecule has 0 spiro atoms. The van der Waals surface area contributed by atoms with E-state index in [-0.39, 0.29) is 23.0 Å². The number of aromatic nitrogens is 2. The predicted octanol–water partition coefficient (Wildman–Crippen LogP) is 4.54. The second-order valence-electron chi connectivity index (χ2n) is 6.79. The normalized spacial score (nSPS) is 11.2. The van der Waals surface area contributed by atoms with E-state index in [0.717, 1.165) is 15.3 Å². The van der Waals surface area contributed by atoms with Crippen molar-refractivity contribution in [1.29, 1.82) is 0 Å². The monoisotopic (exact) mass is 682 g/mol. The zero-order valence-electron chi connectivity index (χ0n) is 16.9. The number of nitrogens with zero attached hydrogens (tertiary/aromatic N) is 3. The van der Waals surface area contributed by atoms with E-state index in [1.165, 1.54) is 10.8 Å². The molecule has 0 radical (unpaired) electrons. The third-order valence-electron chi connectivity index (χ3n) is 4.54. The fourth-order valence-electron chi connectivity index (χ4n) is 3.03. The summed E-state index contributed by atoms with van der Waals surface area (Å²) in [6, 6.07) is 19.9. The molecule has 3 aromatic carbocycles. The third kappa shape index (κ3) is 5.55. The lowest BCUT2D eigenvalue weighted by atomic mass is 10.2. The lowest BCUT2D eigenvalue weighted by molar-refractivity contribution is -0.118. The summed E-state index contributed by atoms with van der Waals surface area (Å²) < 4.78 is 3.15. The number of aromatic hydroxyl groups is 1. The van der Waals surface area contributed by atoms with Gasteiger partial charge in [0.15, 0.2) is 5.16 Å². The fourth-order valence-corrected chi connectivity index (χ4v) is 5.73. The topological polar surface area (TPSA) is 96.6 Å². The van der Waals surface area contributed by atoms with Crippen molar-refractivity contribution in [1.82, 2.24) is 15.0 Å². The van der Waals surface area contributed by atoms with E-state index in [0.29, 0.717) is 30.9 Å². The molecule has 33 heavy (non-hydrogen) atoms. The van der Waals surface area contributed by atoms with Gasteiger partial charge >= 0.3 is 0 Å². The minimum Gasteiger partial charge on any atom is -0.506 e. The molecule has 0 aliphatic rings. The number of amides is 1. The maximum Gasteiger partial charge on any atom is 0.266 e. The first-order chi connectivity index (χ1) is 15.9. The Kier molecular flexibility index (Phi) is 7.65. The van der Waals surface area contributed by atoms with Crippen molar-refractivity contribution in [2.75, 3.05) is 5.75 Å². The highest BCUT2D eigenvalue weighted by atomic mass is 127. The van der Waals surface area contributed by atoms with E-state index >= 15 is 0 Å². The molecule has 0 bridgehead atoms. The highest BCUT2D eigenvalue weighted by Crippen LogP contribution is 2.25. The molecule has 1 heterocycles. The van der Waals surface area contributed by atoms with Gasteiger partial charge in [-0.3, -0.25) is 14.2 Å². The molecule has 0 saturated carbocycles. The van der Waals surface area contributed by atoms with Gasteiger partial charge in [-0.2, -0.15) is 5.10 Å². The molecule has 166 valence electrons. The van der Waals surface area contributed by atoms with Crippen LogP contribution < -0.4 is 11.0 Å². The Morgan fingerprint density at radius 3 is 2.64 bits per heavy atom. The molecule has 0 saturated heterocycles. The van der Waals surface area contributed by atoms with Gasteiger partial charge in [-0.05, 0) is 81.6 Å². The number of carbonyl (C=O) groups is 1. The Bertz CT molecular complexity index is 1420. The van der Waals surface area contributed by atoms with E-state index in [1.54, 1.807) is 24.3 Å². The van der Waals surface area contributed by atoms with Crippen LogP contribution in [0.15, 0.2) is 81.8 Å². The van der Waals surface area contributed by atoms with Crippen molar-refractivity contribution in [2.45, 2.75) is 5.16 Å². The van der Waals surface area contributed by atoms with Crippen molar-refractivity contribution in [3.8, 4) is 11.4 Å². The SMILES string of the molecule is O=C(CSc1nc2ccccc2c(=O)n1-c1ccccc1)N/N=C\c1cc(I)cc(I)c1O. The third-order valence-corrected chi connectivity index (χ3v) is 6.93. The summed E-state index contributed by atoms with van der Waals surface area (Å²) in [4.78, 5) is 30.2. The molecule has 1 amide bonds. The Morgan fingerprint density at radius 1 is 1.12 bits per heavy atom. The second-order valence-corrected chi connectivity index (χ2v) is 10.1. The molecule has 2 N–H and O–H groups in total. The molecule has 0 atom stereocenters. The summed E-state index contributed by atoms with van der Waals surface area (Å²) in [6.45, 7) is 0. The maximum absolute atomic E-state index is 13.2. The average Bonchev–Trinajstić information content (AvgIpc) is 2.81. The first-order valence-corrected chi connectivity index (χ1v) is 12.8. The van der Waals surface area contributed by atoms with E-state index < -0.39 is 0 Å². The second kappa shape index (κ2) is 10.7. The van der Waals surface area contributed by atoms with E-state index in [4.69, 9.17) is 0 Å². The number of hydrogen-bond donors (Lipinski definition) is 2. The standard InChI is InChI=1S/C23H16I2N4O3S/c24-15-10-14(21(31)18(25)11-15)12-26-28-20(30)13-33-23-27-19-9-5-4-8-17(19)22(32)29(23)16-6-2-1-3-7-16/h1-12,31H,13H2,(H,28,30)/b26-12-. The molecule has 4 rings (SSSR count). The van der Waals surface area contributed by atoms with Gasteiger partial charge < -0.3 is 5.11 Å². The van der Waals surface area contributed by atoms with Gasteiger partial charge in [0, 0.05) is 9.13 Å². The maximum atomic E-state index is 13.2. The van der Waals surface area contributed by atoms with Crippen molar-refractivity contribution < 1.29 is 9.90 Å². The van der Waals surface area contributed by atoms with Gasteiger partial charge in [0.25, 0.3) is 11.5 Å². The number of benzene rings is 3. The Morgan fingerprint density at radius 2 is 1.85 bits per heavy atom. The van der Waals surface area contributed by atoms with E-state index in [1.807, 2.05) is 65.1 Å². The fraction of sp³-hybridized carbons (Fsp3) is 0.0435. The van der Waals surface area contributed by atoms with Gasteiger partial charge in [0.1, 0.15) is 5.75 Å². The number of nitrogens with one attached hydrogen (secondary N) is 1. The van der Waals surface area contributed by atoms with Crippen LogP contribution in [0.2, 0.25) is 0 Å². The van der Waals surface area contributed by atoms with Crippen LogP contribution in [0, 0.1) is 7.14 Å². The Hall–Kier alpha value is -2.45.